The van der Waals surface area contributed by atoms with Crippen molar-refractivity contribution in [3.63, 3.8) is 0 Å². The monoisotopic (exact) mass is 482 g/mol. The molecule has 1 aliphatic carbocycles. The fourth-order valence-electron chi connectivity index (χ4n) is 7.11. The molecular formula is C29H39ClN2O2. The SMILES string of the molecule is CCC1CCC(Nc2ccc3cc([C@@H](CC)N4C5CCC4CC(C(=O)O)C5)ccc3c2Cl)CC1. The predicted molar refractivity (Wildman–Crippen MR) is 141 cm³/mol. The third-order valence-electron chi connectivity index (χ3n) is 9.03. The minimum absolute atomic E-state index is 0.176. The molecule has 0 spiro atoms. The van der Waals surface area contributed by atoms with Gasteiger partial charge in [0.15, 0.2) is 0 Å². The highest BCUT2D eigenvalue weighted by Gasteiger charge is 2.45. The van der Waals surface area contributed by atoms with E-state index in [9.17, 15) is 9.90 Å². The van der Waals surface area contributed by atoms with Crippen LogP contribution in [0.1, 0.15) is 89.7 Å². The number of piperidine rings is 1. The summed E-state index contributed by atoms with van der Waals surface area (Å²) >= 11 is 6.90. The number of aliphatic carboxylic acids is 1. The lowest BCUT2D eigenvalue weighted by Crippen LogP contribution is -2.46. The van der Waals surface area contributed by atoms with Crippen LogP contribution in [-0.4, -0.2) is 34.1 Å². The Balaban J connectivity index is 1.35. The minimum Gasteiger partial charge on any atom is -0.481 e. The average molecular weight is 483 g/mol. The summed E-state index contributed by atoms with van der Waals surface area (Å²) in [5, 5.41) is 16.4. The normalized spacial score (nSPS) is 30.4. The first kappa shape index (κ1) is 23.9. The van der Waals surface area contributed by atoms with Crippen LogP contribution in [-0.2, 0) is 4.79 Å². The maximum atomic E-state index is 11.6. The van der Waals surface area contributed by atoms with Crippen molar-refractivity contribution < 1.29 is 9.90 Å². The number of carboxylic acid groups (broad SMARTS) is 1. The predicted octanol–water partition coefficient (Wildman–Crippen LogP) is 7.65. The van der Waals surface area contributed by atoms with Crippen molar-refractivity contribution in [1.29, 1.82) is 0 Å². The van der Waals surface area contributed by atoms with Crippen LogP contribution in [0.2, 0.25) is 5.02 Å². The zero-order valence-electron chi connectivity index (χ0n) is 20.6. The van der Waals surface area contributed by atoms with Crippen LogP contribution < -0.4 is 5.32 Å². The molecule has 1 saturated carbocycles. The summed E-state index contributed by atoms with van der Waals surface area (Å²) in [6, 6.07) is 12.8. The topological polar surface area (TPSA) is 52.6 Å². The van der Waals surface area contributed by atoms with Crippen molar-refractivity contribution in [3.05, 3.63) is 40.9 Å². The van der Waals surface area contributed by atoms with E-state index in [0.717, 1.165) is 54.1 Å². The summed E-state index contributed by atoms with van der Waals surface area (Å²) in [6.45, 7) is 4.56. The molecule has 0 amide bonds. The summed E-state index contributed by atoms with van der Waals surface area (Å²) in [5.41, 5.74) is 2.39. The van der Waals surface area contributed by atoms with Crippen molar-refractivity contribution >= 4 is 34.0 Å². The Bertz CT molecular complexity index is 1020. The number of nitrogens with one attached hydrogen (secondary N) is 1. The number of carbonyl (C=O) groups is 1. The van der Waals surface area contributed by atoms with E-state index in [-0.39, 0.29) is 5.92 Å². The van der Waals surface area contributed by atoms with E-state index in [2.05, 4.69) is 54.4 Å². The van der Waals surface area contributed by atoms with Crippen LogP contribution >= 0.6 is 11.6 Å². The van der Waals surface area contributed by atoms with Gasteiger partial charge in [-0.15, -0.1) is 0 Å². The lowest BCUT2D eigenvalue weighted by atomic mass is 9.84. The molecular weight excluding hydrogens is 444 g/mol. The first-order valence-electron chi connectivity index (χ1n) is 13.5. The molecule has 2 saturated heterocycles. The van der Waals surface area contributed by atoms with Crippen LogP contribution in [0, 0.1) is 11.8 Å². The molecule has 0 aromatic heterocycles. The fourth-order valence-corrected chi connectivity index (χ4v) is 7.40. The Kier molecular flexibility index (Phi) is 7.09. The number of carboxylic acids is 1. The number of rotatable bonds is 7. The number of halogens is 1. The minimum atomic E-state index is -0.618. The molecule has 3 fully saturated rings. The summed E-state index contributed by atoms with van der Waals surface area (Å²) in [7, 11) is 0. The number of fused-ring (bicyclic) bond motifs is 3. The van der Waals surface area contributed by atoms with Gasteiger partial charge < -0.3 is 10.4 Å². The molecule has 3 aliphatic rings. The molecule has 5 heteroatoms. The van der Waals surface area contributed by atoms with Crippen LogP contribution in [0.4, 0.5) is 5.69 Å². The lowest BCUT2D eigenvalue weighted by molar-refractivity contribution is -0.144. The molecule has 2 aromatic rings. The zero-order chi connectivity index (χ0) is 23.8. The van der Waals surface area contributed by atoms with Crippen molar-refractivity contribution in [1.82, 2.24) is 4.90 Å². The van der Waals surface area contributed by atoms with Gasteiger partial charge in [0.1, 0.15) is 0 Å². The van der Waals surface area contributed by atoms with Crippen molar-refractivity contribution in [2.24, 2.45) is 11.8 Å². The highest BCUT2D eigenvalue weighted by molar-refractivity contribution is 6.38. The van der Waals surface area contributed by atoms with Gasteiger partial charge in [-0.3, -0.25) is 9.69 Å². The van der Waals surface area contributed by atoms with Crippen molar-refractivity contribution in [2.75, 3.05) is 5.32 Å². The standard InChI is InChI=1S/C29H39ClN2O2/c1-3-18-5-9-22(10-6-18)31-26-14-8-19-15-20(7-13-25(19)28(26)30)27(4-2)32-23-11-12-24(32)17-21(16-23)29(33)34/h7-8,13-15,18,21-24,27,31H,3-6,9-12,16-17H2,1-2H3,(H,33,34)/t18?,21?,22?,23?,24?,27-/m1/s1. The summed E-state index contributed by atoms with van der Waals surface area (Å²) in [4.78, 5) is 14.3. The highest BCUT2D eigenvalue weighted by Crippen LogP contribution is 2.45. The third kappa shape index (κ3) is 4.56. The molecule has 2 bridgehead atoms. The lowest BCUT2D eigenvalue weighted by Gasteiger charge is -2.42. The summed E-state index contributed by atoms with van der Waals surface area (Å²) < 4.78 is 0. The Labute approximate surface area is 209 Å². The van der Waals surface area contributed by atoms with Gasteiger partial charge in [-0.25, -0.2) is 0 Å². The molecule has 2 heterocycles. The first-order valence-corrected chi connectivity index (χ1v) is 13.8. The second-order valence-corrected chi connectivity index (χ2v) is 11.3. The number of anilines is 1. The number of hydrogen-bond donors (Lipinski definition) is 2. The maximum absolute atomic E-state index is 11.6. The van der Waals surface area contributed by atoms with E-state index >= 15 is 0 Å². The number of nitrogens with zero attached hydrogens (tertiary/aromatic N) is 1. The molecule has 2 aromatic carbocycles. The number of hydrogen-bond acceptors (Lipinski definition) is 3. The second kappa shape index (κ2) is 10.1. The Hall–Kier alpha value is -1.78. The van der Waals surface area contributed by atoms with Gasteiger partial charge in [0.05, 0.1) is 16.6 Å². The van der Waals surface area contributed by atoms with Gasteiger partial charge in [0, 0.05) is 29.6 Å². The molecule has 2 unspecified atom stereocenters. The number of benzene rings is 2. The molecule has 2 aliphatic heterocycles. The summed E-state index contributed by atoms with van der Waals surface area (Å²) in [6.07, 6.45) is 11.2. The van der Waals surface area contributed by atoms with Crippen LogP contribution in [0.3, 0.4) is 0 Å². The second-order valence-electron chi connectivity index (χ2n) is 10.9. The molecule has 5 rings (SSSR count). The van der Waals surface area contributed by atoms with Gasteiger partial charge in [-0.1, -0.05) is 50.1 Å². The zero-order valence-corrected chi connectivity index (χ0v) is 21.4. The van der Waals surface area contributed by atoms with Crippen molar-refractivity contribution in [2.45, 2.75) is 102 Å². The smallest absolute Gasteiger partial charge is 0.306 e. The van der Waals surface area contributed by atoms with Crippen LogP contribution in [0.5, 0.6) is 0 Å². The summed E-state index contributed by atoms with van der Waals surface area (Å²) in [5.74, 6) is 0.0950. The Morgan fingerprint density at radius 1 is 1.06 bits per heavy atom. The average Bonchev–Trinajstić information content (AvgIpc) is 3.09. The third-order valence-corrected chi connectivity index (χ3v) is 9.44. The Morgan fingerprint density at radius 2 is 1.76 bits per heavy atom. The van der Waals surface area contributed by atoms with E-state index in [4.69, 9.17) is 11.6 Å². The Morgan fingerprint density at radius 3 is 2.38 bits per heavy atom. The molecule has 3 atom stereocenters. The molecule has 2 N–H and O–H groups in total. The molecule has 34 heavy (non-hydrogen) atoms. The van der Waals surface area contributed by atoms with Gasteiger partial charge in [-0.05, 0) is 86.8 Å². The van der Waals surface area contributed by atoms with Gasteiger partial charge in [0.2, 0.25) is 0 Å². The van der Waals surface area contributed by atoms with Gasteiger partial charge in [-0.2, -0.15) is 0 Å². The molecule has 0 radical (unpaired) electrons. The molecule has 4 nitrogen and oxygen atoms in total. The van der Waals surface area contributed by atoms with Gasteiger partial charge in [0.25, 0.3) is 0 Å². The van der Waals surface area contributed by atoms with E-state index in [1.165, 1.54) is 43.1 Å². The maximum Gasteiger partial charge on any atom is 0.306 e. The fraction of sp³-hybridized carbons (Fsp3) is 0.621. The van der Waals surface area contributed by atoms with Crippen molar-refractivity contribution in [3.8, 4) is 0 Å². The van der Waals surface area contributed by atoms with Crippen LogP contribution in [0.25, 0.3) is 10.8 Å². The first-order chi connectivity index (χ1) is 16.5. The largest absolute Gasteiger partial charge is 0.481 e. The molecule has 184 valence electrons. The van der Waals surface area contributed by atoms with E-state index in [1.54, 1.807) is 0 Å². The van der Waals surface area contributed by atoms with Gasteiger partial charge >= 0.3 is 5.97 Å². The quantitative estimate of drug-likeness (QED) is 0.425. The highest BCUT2D eigenvalue weighted by atomic mass is 35.5. The van der Waals surface area contributed by atoms with Crippen LogP contribution in [0.15, 0.2) is 30.3 Å². The van der Waals surface area contributed by atoms with E-state index < -0.39 is 5.97 Å². The van der Waals surface area contributed by atoms with E-state index in [1.807, 2.05) is 0 Å². The van der Waals surface area contributed by atoms with E-state index in [0.29, 0.717) is 24.2 Å².